The third-order valence-electron chi connectivity index (χ3n) is 4.77. The van der Waals surface area contributed by atoms with Crippen molar-refractivity contribution >= 4 is 69.2 Å². The zero-order valence-corrected chi connectivity index (χ0v) is 23.8. The molecule has 0 aliphatic carbocycles. The van der Waals surface area contributed by atoms with Gasteiger partial charge in [0.25, 0.3) is 5.24 Å². The van der Waals surface area contributed by atoms with E-state index in [0.29, 0.717) is 16.1 Å². The largest absolute Gasteiger partial charge is 0.444 e. The fraction of sp³-hybridized carbons (Fsp3) is 0.231. The topological polar surface area (TPSA) is 67.4 Å². The van der Waals surface area contributed by atoms with E-state index in [1.807, 2.05) is 79.7 Å². The average Bonchev–Trinajstić information content (AvgIpc) is 2.87. The van der Waals surface area contributed by atoms with Gasteiger partial charge in [0.15, 0.2) is 0 Å². The smallest absolute Gasteiger partial charge is 0.408 e. The van der Waals surface area contributed by atoms with Crippen LogP contribution in [0.2, 0.25) is 0 Å². The number of carbonyl (C=O) groups is 2. The zero-order chi connectivity index (χ0) is 24.9. The van der Waals surface area contributed by atoms with Gasteiger partial charge in [0.05, 0.1) is 10.6 Å². The molecule has 5 nitrogen and oxygen atoms in total. The third kappa shape index (κ3) is 10.4. The van der Waals surface area contributed by atoms with E-state index in [9.17, 15) is 9.59 Å². The first-order valence-electron chi connectivity index (χ1n) is 11.0. The Morgan fingerprint density at radius 2 is 1.37 bits per heavy atom. The summed E-state index contributed by atoms with van der Waals surface area (Å²) in [6.07, 6.45) is -0.631. The number of hydrogen-bond donors (Lipinski definition) is 2. The minimum Gasteiger partial charge on any atom is -0.444 e. The lowest BCUT2D eigenvalue weighted by Gasteiger charge is -2.18. The van der Waals surface area contributed by atoms with Gasteiger partial charge in [0, 0.05) is 26.2 Å². The quantitative estimate of drug-likeness (QED) is 0.0975. The first-order valence-corrected chi connectivity index (χ1v) is 15.3. The molecule has 0 fully saturated rings. The predicted molar refractivity (Wildman–Crippen MR) is 156 cm³/mol. The van der Waals surface area contributed by atoms with Crippen LogP contribution in [0.15, 0.2) is 99.6 Å². The van der Waals surface area contributed by atoms with Gasteiger partial charge in [-0.1, -0.05) is 71.1 Å². The van der Waals surface area contributed by atoms with Crippen molar-refractivity contribution in [3.8, 4) is 0 Å². The van der Waals surface area contributed by atoms with E-state index in [0.717, 1.165) is 20.2 Å². The van der Waals surface area contributed by atoms with E-state index in [4.69, 9.17) is 4.74 Å². The van der Waals surface area contributed by atoms with Gasteiger partial charge in [-0.2, -0.15) is 0 Å². The van der Waals surface area contributed by atoms with E-state index in [1.54, 1.807) is 23.5 Å². The summed E-state index contributed by atoms with van der Waals surface area (Å²) in [4.78, 5) is 27.5. The van der Waals surface area contributed by atoms with Crippen molar-refractivity contribution < 1.29 is 14.3 Å². The summed E-state index contributed by atoms with van der Waals surface area (Å²) in [6.45, 7) is 1.97. The molecule has 0 heterocycles. The van der Waals surface area contributed by atoms with E-state index in [2.05, 4.69) is 45.4 Å². The second-order valence-electron chi connectivity index (χ2n) is 7.41. The fourth-order valence-electron chi connectivity index (χ4n) is 3.00. The Hall–Kier alpha value is -1.82. The molecule has 3 aromatic carbocycles. The van der Waals surface area contributed by atoms with Crippen LogP contribution in [-0.4, -0.2) is 33.5 Å². The molecule has 0 aliphatic rings. The number of amides is 2. The van der Waals surface area contributed by atoms with Gasteiger partial charge in [-0.05, 0) is 60.6 Å². The standard InChI is InChI=1S/C26H27IN2O3S3/c1-19(29-26(31)35-24-10-6-3-7-11-24)20-12-14-23(15-13-20)34-17-21(32-25(30)28-18-27)16-33-22-8-4-2-5-9-22/h2-15,19,21H,16-18H2,1H3,(H,28,30)(H,29,31)/t19-,21?/m1/s1. The molecule has 0 spiro atoms. The van der Waals surface area contributed by atoms with Crippen LogP contribution in [0, 0.1) is 0 Å². The highest BCUT2D eigenvalue weighted by Crippen LogP contribution is 2.26. The molecule has 3 rings (SSSR count). The minimum absolute atomic E-state index is 0.0807. The predicted octanol–water partition coefficient (Wildman–Crippen LogP) is 7.62. The third-order valence-corrected chi connectivity index (χ3v) is 8.25. The summed E-state index contributed by atoms with van der Waals surface area (Å²) in [6, 6.07) is 27.7. The Kier molecular flexibility index (Phi) is 12.2. The monoisotopic (exact) mass is 638 g/mol. The minimum atomic E-state index is -0.396. The van der Waals surface area contributed by atoms with Crippen molar-refractivity contribution in [2.75, 3.05) is 16.1 Å². The van der Waals surface area contributed by atoms with Gasteiger partial charge in [-0.15, -0.1) is 23.5 Å². The molecule has 0 saturated carbocycles. The number of rotatable bonds is 11. The number of carbonyl (C=O) groups excluding carboxylic acids is 2. The summed E-state index contributed by atoms with van der Waals surface area (Å²) < 4.78 is 6.14. The van der Waals surface area contributed by atoms with Crippen molar-refractivity contribution in [1.29, 1.82) is 0 Å². The number of ether oxygens (including phenoxy) is 1. The molecule has 184 valence electrons. The maximum Gasteiger partial charge on any atom is 0.408 e. The molecule has 0 radical (unpaired) electrons. The van der Waals surface area contributed by atoms with Gasteiger partial charge in [0.2, 0.25) is 0 Å². The van der Waals surface area contributed by atoms with E-state index in [1.165, 1.54) is 11.8 Å². The molecule has 9 heteroatoms. The lowest BCUT2D eigenvalue weighted by molar-refractivity contribution is 0.121. The van der Waals surface area contributed by atoms with Gasteiger partial charge in [-0.3, -0.25) is 4.79 Å². The van der Waals surface area contributed by atoms with Crippen molar-refractivity contribution in [2.24, 2.45) is 0 Å². The molecule has 3 aromatic rings. The molecule has 2 amide bonds. The van der Waals surface area contributed by atoms with Crippen molar-refractivity contribution in [1.82, 2.24) is 10.6 Å². The fourth-order valence-corrected chi connectivity index (χ4v) is 6.01. The number of thioether (sulfide) groups is 3. The van der Waals surface area contributed by atoms with Crippen LogP contribution in [0.3, 0.4) is 0 Å². The van der Waals surface area contributed by atoms with E-state index in [-0.39, 0.29) is 17.4 Å². The summed E-state index contributed by atoms with van der Waals surface area (Å²) in [5.74, 6) is 1.32. The average molecular weight is 639 g/mol. The first-order chi connectivity index (χ1) is 17.0. The van der Waals surface area contributed by atoms with Crippen LogP contribution in [0.4, 0.5) is 9.59 Å². The molecular weight excluding hydrogens is 611 g/mol. The number of nitrogens with one attached hydrogen (secondary N) is 2. The second-order valence-corrected chi connectivity index (χ2v) is 11.4. The van der Waals surface area contributed by atoms with Crippen LogP contribution < -0.4 is 10.6 Å². The summed E-state index contributed by atoms with van der Waals surface area (Å²) in [5, 5.41) is 5.64. The lowest BCUT2D eigenvalue weighted by atomic mass is 10.1. The van der Waals surface area contributed by atoms with Gasteiger partial charge < -0.3 is 15.4 Å². The van der Waals surface area contributed by atoms with Crippen LogP contribution in [0.1, 0.15) is 18.5 Å². The Bertz CT molecular complexity index is 1060. The summed E-state index contributed by atoms with van der Waals surface area (Å²) in [7, 11) is 0. The van der Waals surface area contributed by atoms with Gasteiger partial charge in [0.1, 0.15) is 6.10 Å². The highest BCUT2D eigenvalue weighted by atomic mass is 127. The second kappa shape index (κ2) is 15.3. The van der Waals surface area contributed by atoms with Crippen LogP contribution in [0.25, 0.3) is 0 Å². The summed E-state index contributed by atoms with van der Waals surface area (Å²) in [5.41, 5.74) is 1.03. The van der Waals surface area contributed by atoms with E-state index >= 15 is 0 Å². The van der Waals surface area contributed by atoms with Crippen LogP contribution in [-0.2, 0) is 4.74 Å². The molecule has 0 bridgehead atoms. The molecule has 35 heavy (non-hydrogen) atoms. The van der Waals surface area contributed by atoms with Crippen molar-refractivity contribution in [2.45, 2.75) is 33.8 Å². The van der Waals surface area contributed by atoms with Crippen LogP contribution in [0.5, 0.6) is 0 Å². The Morgan fingerprint density at radius 3 is 1.94 bits per heavy atom. The molecule has 0 saturated heterocycles. The number of benzene rings is 3. The zero-order valence-electron chi connectivity index (χ0n) is 19.2. The normalized spacial score (nSPS) is 12.4. The maximum absolute atomic E-state index is 12.3. The summed E-state index contributed by atoms with van der Waals surface area (Å²) >= 11 is 6.59. The Morgan fingerprint density at radius 1 is 0.829 bits per heavy atom. The van der Waals surface area contributed by atoms with Crippen molar-refractivity contribution in [3.05, 3.63) is 90.5 Å². The Labute approximate surface area is 233 Å². The molecule has 1 unspecified atom stereocenters. The van der Waals surface area contributed by atoms with Crippen molar-refractivity contribution in [3.63, 3.8) is 0 Å². The number of hydrogen-bond acceptors (Lipinski definition) is 6. The molecule has 0 aliphatic heterocycles. The highest BCUT2D eigenvalue weighted by molar-refractivity contribution is 14.1. The number of alkyl carbamates (subject to hydrolysis) is 1. The Balaban J connectivity index is 1.51. The molecule has 0 aromatic heterocycles. The first kappa shape index (κ1) is 27.8. The number of halogens is 1. The highest BCUT2D eigenvalue weighted by Gasteiger charge is 2.16. The van der Waals surface area contributed by atoms with E-state index < -0.39 is 6.09 Å². The van der Waals surface area contributed by atoms with Gasteiger partial charge in [-0.25, -0.2) is 4.79 Å². The molecule has 2 N–H and O–H groups in total. The molecule has 2 atom stereocenters. The number of alkyl halides is 1. The van der Waals surface area contributed by atoms with Gasteiger partial charge >= 0.3 is 6.09 Å². The SMILES string of the molecule is C[C@@H](NC(=O)Sc1ccccc1)c1ccc(SCC(CSc2ccccc2)OC(=O)NCI)cc1. The van der Waals surface area contributed by atoms with Crippen LogP contribution >= 0.6 is 57.9 Å². The maximum atomic E-state index is 12.3. The molecular formula is C26H27IN2O3S3. The lowest BCUT2D eigenvalue weighted by Crippen LogP contribution is -2.30.